The Bertz CT molecular complexity index is 714. The summed E-state index contributed by atoms with van der Waals surface area (Å²) in [5, 5.41) is 10.7. The minimum atomic E-state index is 0.457. The average Bonchev–Trinajstić information content (AvgIpc) is 3.06. The van der Waals surface area contributed by atoms with Crippen molar-refractivity contribution in [1.82, 2.24) is 10.3 Å². The molecule has 0 saturated heterocycles. The Morgan fingerprint density at radius 3 is 2.76 bits per heavy atom. The van der Waals surface area contributed by atoms with Crippen molar-refractivity contribution in [2.75, 3.05) is 6.54 Å². The zero-order valence-electron chi connectivity index (χ0n) is 12.4. The summed E-state index contributed by atoms with van der Waals surface area (Å²) < 4.78 is 1.38. The van der Waals surface area contributed by atoms with Gasteiger partial charge in [-0.05, 0) is 42.3 Å². The zero-order chi connectivity index (χ0) is 14.7. The molecule has 110 valence electrons. The van der Waals surface area contributed by atoms with Crippen molar-refractivity contribution in [3.63, 3.8) is 0 Å². The van der Waals surface area contributed by atoms with Crippen LogP contribution in [-0.4, -0.2) is 17.6 Å². The maximum absolute atomic E-state index is 4.61. The summed E-state index contributed by atoms with van der Waals surface area (Å²) in [7, 11) is 0. The van der Waals surface area contributed by atoms with Crippen molar-refractivity contribution < 1.29 is 0 Å². The summed E-state index contributed by atoms with van der Waals surface area (Å²) in [5.74, 6) is 0. The lowest BCUT2D eigenvalue weighted by Crippen LogP contribution is -2.33. The standard InChI is InChI=1S/C17H20N2S2/c1-3-18-14(9-17-19-12(2)10-21-17)8-13-11-20-16-7-5-4-6-15(13)16/h4-7,10-11,14,18H,3,8-9H2,1-2H3. The number of aryl methyl sites for hydroxylation is 1. The number of hydrogen-bond acceptors (Lipinski definition) is 4. The summed E-state index contributed by atoms with van der Waals surface area (Å²) in [4.78, 5) is 4.61. The van der Waals surface area contributed by atoms with Crippen LogP contribution in [-0.2, 0) is 12.8 Å². The zero-order valence-corrected chi connectivity index (χ0v) is 14.1. The molecular formula is C17H20N2S2. The van der Waals surface area contributed by atoms with Crippen LogP contribution in [0.3, 0.4) is 0 Å². The first-order valence-electron chi connectivity index (χ1n) is 7.35. The van der Waals surface area contributed by atoms with E-state index in [9.17, 15) is 0 Å². The molecule has 2 heterocycles. The highest BCUT2D eigenvalue weighted by atomic mass is 32.1. The van der Waals surface area contributed by atoms with Crippen molar-refractivity contribution in [3.8, 4) is 0 Å². The largest absolute Gasteiger partial charge is 0.314 e. The first-order valence-corrected chi connectivity index (χ1v) is 9.11. The van der Waals surface area contributed by atoms with Crippen molar-refractivity contribution in [2.24, 2.45) is 0 Å². The number of aromatic nitrogens is 1. The highest BCUT2D eigenvalue weighted by Crippen LogP contribution is 2.27. The fourth-order valence-electron chi connectivity index (χ4n) is 2.67. The number of thiophene rings is 1. The monoisotopic (exact) mass is 316 g/mol. The Morgan fingerprint density at radius 2 is 2.00 bits per heavy atom. The van der Waals surface area contributed by atoms with Gasteiger partial charge in [0.15, 0.2) is 0 Å². The van der Waals surface area contributed by atoms with E-state index in [1.165, 1.54) is 20.7 Å². The fourth-order valence-corrected chi connectivity index (χ4v) is 4.50. The van der Waals surface area contributed by atoms with Crippen molar-refractivity contribution >= 4 is 32.8 Å². The first-order chi connectivity index (χ1) is 10.3. The molecule has 0 radical (unpaired) electrons. The summed E-state index contributed by atoms with van der Waals surface area (Å²) in [5.41, 5.74) is 2.58. The van der Waals surface area contributed by atoms with Gasteiger partial charge < -0.3 is 5.32 Å². The van der Waals surface area contributed by atoms with E-state index in [0.29, 0.717) is 6.04 Å². The highest BCUT2D eigenvalue weighted by molar-refractivity contribution is 7.17. The molecule has 1 N–H and O–H groups in total. The molecule has 0 aliphatic rings. The molecule has 2 nitrogen and oxygen atoms in total. The SMILES string of the molecule is CCNC(Cc1nc(C)cs1)Cc1csc2ccccc12. The third-order valence-electron chi connectivity index (χ3n) is 3.61. The van der Waals surface area contributed by atoms with Gasteiger partial charge in [-0.2, -0.15) is 0 Å². The molecule has 1 atom stereocenters. The van der Waals surface area contributed by atoms with Crippen LogP contribution in [0.2, 0.25) is 0 Å². The summed E-state index contributed by atoms with van der Waals surface area (Å²) in [6, 6.07) is 9.14. The molecule has 0 amide bonds. The van der Waals surface area contributed by atoms with Gasteiger partial charge in [-0.1, -0.05) is 25.1 Å². The molecule has 1 aromatic carbocycles. The van der Waals surface area contributed by atoms with E-state index < -0.39 is 0 Å². The van der Waals surface area contributed by atoms with Gasteiger partial charge in [0, 0.05) is 28.2 Å². The van der Waals surface area contributed by atoms with E-state index in [1.54, 1.807) is 11.3 Å². The van der Waals surface area contributed by atoms with E-state index in [4.69, 9.17) is 0 Å². The second-order valence-electron chi connectivity index (χ2n) is 5.30. The smallest absolute Gasteiger partial charge is 0.0943 e. The Kier molecular flexibility index (Phi) is 4.68. The quantitative estimate of drug-likeness (QED) is 0.727. The van der Waals surface area contributed by atoms with Crippen LogP contribution in [0.15, 0.2) is 35.0 Å². The predicted octanol–water partition coefficient (Wildman–Crippen LogP) is 4.43. The van der Waals surface area contributed by atoms with E-state index >= 15 is 0 Å². The summed E-state index contributed by atoms with van der Waals surface area (Å²) in [6.45, 7) is 5.23. The second kappa shape index (κ2) is 6.69. The van der Waals surface area contributed by atoms with Gasteiger partial charge in [0.25, 0.3) is 0 Å². The fraction of sp³-hybridized carbons (Fsp3) is 0.353. The van der Waals surface area contributed by atoms with Crippen LogP contribution in [0.5, 0.6) is 0 Å². The third kappa shape index (κ3) is 3.51. The van der Waals surface area contributed by atoms with Crippen LogP contribution in [0, 0.1) is 6.92 Å². The Morgan fingerprint density at radius 1 is 1.14 bits per heavy atom. The second-order valence-corrected chi connectivity index (χ2v) is 7.16. The van der Waals surface area contributed by atoms with Crippen molar-refractivity contribution in [2.45, 2.75) is 32.7 Å². The van der Waals surface area contributed by atoms with Crippen LogP contribution < -0.4 is 5.32 Å². The maximum Gasteiger partial charge on any atom is 0.0943 e. The van der Waals surface area contributed by atoms with Crippen LogP contribution in [0.1, 0.15) is 23.2 Å². The van der Waals surface area contributed by atoms with Crippen LogP contribution in [0.4, 0.5) is 0 Å². The first kappa shape index (κ1) is 14.7. The molecule has 0 saturated carbocycles. The molecule has 3 rings (SSSR count). The van der Waals surface area contributed by atoms with Gasteiger partial charge in [0.2, 0.25) is 0 Å². The maximum atomic E-state index is 4.61. The Hall–Kier alpha value is -1.23. The molecule has 0 aliphatic carbocycles. The Balaban J connectivity index is 1.78. The molecule has 2 aromatic heterocycles. The lowest BCUT2D eigenvalue weighted by atomic mass is 10.0. The number of nitrogens with zero attached hydrogens (tertiary/aromatic N) is 1. The molecule has 21 heavy (non-hydrogen) atoms. The number of rotatable bonds is 6. The minimum Gasteiger partial charge on any atom is -0.314 e. The lowest BCUT2D eigenvalue weighted by Gasteiger charge is -2.16. The van der Waals surface area contributed by atoms with Crippen LogP contribution >= 0.6 is 22.7 Å². The number of likely N-dealkylation sites (N-methyl/N-ethyl adjacent to an activating group) is 1. The highest BCUT2D eigenvalue weighted by Gasteiger charge is 2.14. The number of benzene rings is 1. The lowest BCUT2D eigenvalue weighted by molar-refractivity contribution is 0.522. The van der Waals surface area contributed by atoms with E-state index in [0.717, 1.165) is 25.1 Å². The van der Waals surface area contributed by atoms with E-state index in [2.05, 4.69) is 59.2 Å². The van der Waals surface area contributed by atoms with E-state index in [-0.39, 0.29) is 0 Å². The third-order valence-corrected chi connectivity index (χ3v) is 5.61. The van der Waals surface area contributed by atoms with Gasteiger partial charge in [0.05, 0.1) is 5.01 Å². The van der Waals surface area contributed by atoms with E-state index in [1.807, 2.05) is 11.3 Å². The molecule has 0 spiro atoms. The predicted molar refractivity (Wildman–Crippen MR) is 93.5 cm³/mol. The molecule has 0 aliphatic heterocycles. The van der Waals surface area contributed by atoms with Crippen LogP contribution in [0.25, 0.3) is 10.1 Å². The Labute approximate surface area is 133 Å². The molecular weight excluding hydrogens is 296 g/mol. The number of hydrogen-bond donors (Lipinski definition) is 1. The van der Waals surface area contributed by atoms with Crippen molar-refractivity contribution in [1.29, 1.82) is 0 Å². The molecule has 1 unspecified atom stereocenters. The normalized spacial score (nSPS) is 12.9. The van der Waals surface area contributed by atoms with Gasteiger partial charge >= 0.3 is 0 Å². The van der Waals surface area contributed by atoms with Gasteiger partial charge in [-0.15, -0.1) is 22.7 Å². The number of thiazole rings is 1. The van der Waals surface area contributed by atoms with Crippen molar-refractivity contribution in [3.05, 3.63) is 51.3 Å². The molecule has 4 heteroatoms. The van der Waals surface area contributed by atoms with Gasteiger partial charge in [-0.3, -0.25) is 0 Å². The molecule has 3 aromatic rings. The molecule has 0 fully saturated rings. The number of fused-ring (bicyclic) bond motifs is 1. The molecule has 0 bridgehead atoms. The average molecular weight is 316 g/mol. The summed E-state index contributed by atoms with van der Waals surface area (Å²) in [6.07, 6.45) is 2.08. The summed E-state index contributed by atoms with van der Waals surface area (Å²) >= 11 is 3.62. The van der Waals surface area contributed by atoms with Gasteiger partial charge in [-0.25, -0.2) is 4.98 Å². The minimum absolute atomic E-state index is 0.457. The number of nitrogens with one attached hydrogen (secondary N) is 1. The topological polar surface area (TPSA) is 24.9 Å². The van der Waals surface area contributed by atoms with Gasteiger partial charge in [0.1, 0.15) is 0 Å².